The molecule has 3 unspecified atom stereocenters. The van der Waals surface area contributed by atoms with Crippen molar-refractivity contribution in [2.75, 3.05) is 37.4 Å². The van der Waals surface area contributed by atoms with Crippen LogP contribution in [0.4, 0.5) is 11.4 Å². The first kappa shape index (κ1) is 28.3. The number of nitrogens with one attached hydrogen (secondary N) is 2. The summed E-state index contributed by atoms with van der Waals surface area (Å²) in [7, 11) is 3.83. The summed E-state index contributed by atoms with van der Waals surface area (Å²) >= 11 is 1.20. The number of likely N-dealkylation sites (tertiary alicyclic amines) is 2. The van der Waals surface area contributed by atoms with Crippen LogP contribution in [0.2, 0.25) is 0 Å². The average Bonchev–Trinajstić information content (AvgIpc) is 3.59. The number of amides is 4. The van der Waals surface area contributed by atoms with Crippen LogP contribution in [0.1, 0.15) is 53.6 Å². The van der Waals surface area contributed by atoms with Gasteiger partial charge in [0.25, 0.3) is 11.8 Å². The fourth-order valence-electron chi connectivity index (χ4n) is 5.28. The van der Waals surface area contributed by atoms with E-state index in [1.54, 1.807) is 23.6 Å². The lowest BCUT2D eigenvalue weighted by atomic mass is 10.0. The van der Waals surface area contributed by atoms with Gasteiger partial charge in [-0.25, -0.2) is 0 Å². The van der Waals surface area contributed by atoms with Gasteiger partial charge in [-0.3, -0.25) is 24.0 Å². The van der Waals surface area contributed by atoms with Crippen molar-refractivity contribution >= 4 is 52.1 Å². The van der Waals surface area contributed by atoms with Crippen molar-refractivity contribution in [3.63, 3.8) is 0 Å². The molecule has 1 aromatic heterocycles. The summed E-state index contributed by atoms with van der Waals surface area (Å²) in [5, 5.41) is 7.27. The molecule has 3 atom stereocenters. The highest BCUT2D eigenvalue weighted by molar-refractivity contribution is 7.12. The minimum Gasteiger partial charge on any atom is -0.378 e. The van der Waals surface area contributed by atoms with Gasteiger partial charge in [-0.2, -0.15) is 0 Å². The van der Waals surface area contributed by atoms with E-state index in [2.05, 4.69) is 10.6 Å². The maximum atomic E-state index is 13.8. The molecule has 208 valence electrons. The van der Waals surface area contributed by atoms with Crippen LogP contribution < -0.4 is 15.5 Å². The zero-order chi connectivity index (χ0) is 28.4. The summed E-state index contributed by atoms with van der Waals surface area (Å²) in [5.41, 5.74) is 1.81. The molecule has 4 amide bonds. The fraction of sp³-hybridized carbons (Fsp3) is 0.464. The molecule has 2 aliphatic heterocycles. The predicted molar refractivity (Wildman–Crippen MR) is 150 cm³/mol. The van der Waals surface area contributed by atoms with Crippen LogP contribution in [0.5, 0.6) is 0 Å². The molecule has 2 N–H and O–H groups in total. The van der Waals surface area contributed by atoms with Crippen molar-refractivity contribution in [1.82, 2.24) is 15.1 Å². The second kappa shape index (κ2) is 11.6. The molecule has 39 heavy (non-hydrogen) atoms. The SMILES string of the molecule is CC(=O)Nc1ccsc1C(=O)N1CC(=O)C2C1CCN2C(=O)C(CC(C)C)NC(=O)c1ccc(N(C)C)cc1. The molecule has 11 heteroatoms. The van der Waals surface area contributed by atoms with Gasteiger partial charge in [0.15, 0.2) is 5.78 Å². The van der Waals surface area contributed by atoms with E-state index in [9.17, 15) is 24.0 Å². The molecule has 2 fully saturated rings. The number of nitrogens with zero attached hydrogens (tertiary/aromatic N) is 3. The summed E-state index contributed by atoms with van der Waals surface area (Å²) in [6, 6.07) is 6.78. The molecule has 1 aromatic carbocycles. The fourth-order valence-corrected chi connectivity index (χ4v) is 6.08. The van der Waals surface area contributed by atoms with E-state index in [1.807, 2.05) is 45.0 Å². The van der Waals surface area contributed by atoms with Gasteiger partial charge in [-0.1, -0.05) is 13.8 Å². The predicted octanol–water partition coefficient (Wildman–Crippen LogP) is 2.61. The number of rotatable bonds is 8. The highest BCUT2D eigenvalue weighted by Gasteiger charge is 2.52. The minimum absolute atomic E-state index is 0.102. The van der Waals surface area contributed by atoms with E-state index >= 15 is 0 Å². The Morgan fingerprint density at radius 1 is 1.08 bits per heavy atom. The Hall–Kier alpha value is -3.73. The molecule has 3 heterocycles. The van der Waals surface area contributed by atoms with Crippen LogP contribution in [-0.4, -0.2) is 84.5 Å². The number of hydrogen-bond acceptors (Lipinski definition) is 7. The lowest BCUT2D eigenvalue weighted by Gasteiger charge is -2.29. The molecule has 10 nitrogen and oxygen atoms in total. The van der Waals surface area contributed by atoms with Crippen LogP contribution in [-0.2, 0) is 14.4 Å². The number of fused-ring (bicyclic) bond motifs is 1. The minimum atomic E-state index is -0.800. The van der Waals surface area contributed by atoms with Crippen LogP contribution in [0.15, 0.2) is 35.7 Å². The zero-order valence-electron chi connectivity index (χ0n) is 22.9. The topological polar surface area (TPSA) is 119 Å². The Bertz CT molecular complexity index is 1270. The largest absolute Gasteiger partial charge is 0.378 e. The number of carbonyl (C=O) groups excluding carboxylic acids is 5. The molecule has 0 spiro atoms. The maximum absolute atomic E-state index is 13.8. The van der Waals surface area contributed by atoms with Crippen molar-refractivity contribution in [1.29, 1.82) is 0 Å². The Morgan fingerprint density at radius 3 is 2.38 bits per heavy atom. The summed E-state index contributed by atoms with van der Waals surface area (Å²) < 4.78 is 0. The number of thiophene rings is 1. The van der Waals surface area contributed by atoms with E-state index in [0.29, 0.717) is 35.5 Å². The second-order valence-electron chi connectivity index (χ2n) is 10.7. The molecule has 0 aliphatic carbocycles. The van der Waals surface area contributed by atoms with Gasteiger partial charge in [0.05, 0.1) is 18.3 Å². The van der Waals surface area contributed by atoms with Crippen molar-refractivity contribution in [3.8, 4) is 0 Å². The van der Waals surface area contributed by atoms with Crippen molar-refractivity contribution < 1.29 is 24.0 Å². The number of carbonyl (C=O) groups is 5. The third-order valence-electron chi connectivity index (χ3n) is 7.09. The maximum Gasteiger partial charge on any atom is 0.266 e. The molecule has 2 aromatic rings. The Labute approximate surface area is 232 Å². The summed E-state index contributed by atoms with van der Waals surface area (Å²) in [5.74, 6) is -1.37. The van der Waals surface area contributed by atoms with Gasteiger partial charge < -0.3 is 25.3 Å². The Morgan fingerprint density at radius 2 is 1.77 bits per heavy atom. The van der Waals surface area contributed by atoms with Gasteiger partial charge in [-0.05, 0) is 54.5 Å². The first-order valence-corrected chi connectivity index (χ1v) is 13.9. The number of benzene rings is 1. The lowest BCUT2D eigenvalue weighted by molar-refractivity contribution is -0.138. The molecule has 2 aliphatic rings. The Balaban J connectivity index is 1.50. The van der Waals surface area contributed by atoms with Crippen molar-refractivity contribution in [2.45, 2.75) is 51.7 Å². The number of anilines is 2. The summed E-state index contributed by atoms with van der Waals surface area (Å²) in [6.07, 6.45) is 0.878. The first-order chi connectivity index (χ1) is 18.5. The molecular formula is C28H35N5O5S. The molecule has 2 saturated heterocycles. The van der Waals surface area contributed by atoms with E-state index < -0.39 is 18.1 Å². The number of hydrogen-bond donors (Lipinski definition) is 2. The van der Waals surface area contributed by atoms with E-state index in [0.717, 1.165) is 5.69 Å². The van der Waals surface area contributed by atoms with Gasteiger partial charge in [0, 0.05) is 38.8 Å². The van der Waals surface area contributed by atoms with Gasteiger partial charge in [-0.15, -0.1) is 11.3 Å². The molecule has 4 rings (SSSR count). The van der Waals surface area contributed by atoms with Crippen LogP contribution >= 0.6 is 11.3 Å². The molecule has 0 bridgehead atoms. The monoisotopic (exact) mass is 553 g/mol. The third-order valence-corrected chi connectivity index (χ3v) is 8.00. The highest BCUT2D eigenvalue weighted by Crippen LogP contribution is 2.34. The van der Waals surface area contributed by atoms with Crippen LogP contribution in [0.25, 0.3) is 0 Å². The van der Waals surface area contributed by atoms with Gasteiger partial charge in [0.2, 0.25) is 11.8 Å². The summed E-state index contributed by atoms with van der Waals surface area (Å²) in [4.78, 5) is 70.3. The zero-order valence-corrected chi connectivity index (χ0v) is 23.7. The average molecular weight is 554 g/mol. The lowest BCUT2D eigenvalue weighted by Crippen LogP contribution is -2.53. The first-order valence-electron chi connectivity index (χ1n) is 13.1. The standard InChI is InChI=1S/C28H35N5O5S/c1-16(2)14-21(30-26(36)18-6-8-19(9-7-18)31(4)5)27(37)32-12-10-22-24(32)23(35)15-33(22)28(38)25-20(11-13-39-25)29-17(3)34/h6-9,11,13,16,21-22,24H,10,12,14-15H2,1-5H3,(H,29,34)(H,30,36). The van der Waals surface area contributed by atoms with Crippen LogP contribution in [0, 0.1) is 5.92 Å². The number of Topliss-reactive ketones (excluding diaryl/α,β-unsaturated/α-hetero) is 1. The van der Waals surface area contributed by atoms with E-state index in [1.165, 1.54) is 28.1 Å². The summed E-state index contributed by atoms with van der Waals surface area (Å²) in [6.45, 7) is 5.52. The van der Waals surface area contributed by atoms with Gasteiger partial charge in [0.1, 0.15) is 17.0 Å². The number of ketones is 1. The third kappa shape index (κ3) is 5.98. The molecule has 0 saturated carbocycles. The van der Waals surface area contributed by atoms with E-state index in [-0.39, 0.29) is 41.9 Å². The molecule has 0 radical (unpaired) electrons. The van der Waals surface area contributed by atoms with Gasteiger partial charge >= 0.3 is 0 Å². The van der Waals surface area contributed by atoms with Crippen molar-refractivity contribution in [3.05, 3.63) is 46.2 Å². The van der Waals surface area contributed by atoms with E-state index in [4.69, 9.17) is 0 Å². The second-order valence-corrected chi connectivity index (χ2v) is 11.6. The Kier molecular flexibility index (Phi) is 8.39. The highest BCUT2D eigenvalue weighted by atomic mass is 32.1. The van der Waals surface area contributed by atoms with Crippen molar-refractivity contribution in [2.24, 2.45) is 5.92 Å². The van der Waals surface area contributed by atoms with Crippen LogP contribution in [0.3, 0.4) is 0 Å². The molecular weight excluding hydrogens is 518 g/mol. The smallest absolute Gasteiger partial charge is 0.266 e. The quantitative estimate of drug-likeness (QED) is 0.519. The normalized spacial score (nSPS) is 19.2.